The molecule has 0 spiro atoms. The minimum atomic E-state index is -0.388. The summed E-state index contributed by atoms with van der Waals surface area (Å²) in [7, 11) is 1.49. The van der Waals surface area contributed by atoms with Crippen LogP contribution in [0.25, 0.3) is 5.65 Å². The normalized spacial score (nSPS) is 10.8. The van der Waals surface area contributed by atoms with Gasteiger partial charge in [0.2, 0.25) is 5.91 Å². The molecule has 0 aliphatic rings. The molecule has 8 heteroatoms. The molecular formula is C16H15ClN4O3. The smallest absolute Gasteiger partial charge is 0.350 e. The first-order chi connectivity index (χ1) is 11.5. The van der Waals surface area contributed by atoms with Crippen molar-refractivity contribution in [1.29, 1.82) is 0 Å². The SMILES string of the molecule is COc1cc(Cl)c(C)cc1NC(=O)Cn1nc2ccccn2c1=O. The zero-order valence-corrected chi connectivity index (χ0v) is 13.9. The van der Waals surface area contributed by atoms with Gasteiger partial charge in [-0.1, -0.05) is 17.7 Å². The standard InChI is InChI=1S/C16H15ClN4O3/c1-10-7-12(13(24-2)8-11(10)17)18-15(22)9-21-16(23)20-6-4-3-5-14(20)19-21/h3-8H,9H2,1-2H3,(H,18,22). The van der Waals surface area contributed by atoms with E-state index in [0.717, 1.165) is 10.2 Å². The Morgan fingerprint density at radius 1 is 1.38 bits per heavy atom. The summed E-state index contributed by atoms with van der Waals surface area (Å²) >= 11 is 6.05. The molecule has 0 atom stereocenters. The Hall–Kier alpha value is -2.80. The maximum absolute atomic E-state index is 12.3. The molecule has 1 N–H and O–H groups in total. The molecule has 1 amide bonds. The quantitative estimate of drug-likeness (QED) is 0.784. The Bertz CT molecular complexity index is 977. The van der Waals surface area contributed by atoms with Crippen molar-refractivity contribution in [3.8, 4) is 5.75 Å². The van der Waals surface area contributed by atoms with Gasteiger partial charge >= 0.3 is 5.69 Å². The summed E-state index contributed by atoms with van der Waals surface area (Å²) in [6.45, 7) is 1.62. The van der Waals surface area contributed by atoms with Gasteiger partial charge in [-0.05, 0) is 30.7 Å². The van der Waals surface area contributed by atoms with E-state index in [1.807, 2.05) is 6.92 Å². The van der Waals surface area contributed by atoms with Gasteiger partial charge in [-0.3, -0.25) is 9.20 Å². The van der Waals surface area contributed by atoms with Crippen LogP contribution >= 0.6 is 11.6 Å². The fourth-order valence-corrected chi connectivity index (χ4v) is 2.48. The number of benzene rings is 1. The van der Waals surface area contributed by atoms with Crippen LogP contribution < -0.4 is 15.7 Å². The van der Waals surface area contributed by atoms with E-state index in [-0.39, 0.29) is 18.1 Å². The average Bonchev–Trinajstić information content (AvgIpc) is 2.87. The van der Waals surface area contributed by atoms with Gasteiger partial charge in [-0.2, -0.15) is 0 Å². The molecule has 2 heterocycles. The number of ether oxygens (including phenoxy) is 1. The van der Waals surface area contributed by atoms with E-state index in [9.17, 15) is 9.59 Å². The van der Waals surface area contributed by atoms with Gasteiger partial charge in [-0.25, -0.2) is 9.48 Å². The van der Waals surface area contributed by atoms with Crippen molar-refractivity contribution in [2.75, 3.05) is 12.4 Å². The summed E-state index contributed by atoms with van der Waals surface area (Å²) in [6.07, 6.45) is 1.60. The number of carbonyl (C=O) groups is 1. The fourth-order valence-electron chi connectivity index (χ4n) is 2.33. The molecule has 3 rings (SSSR count). The highest BCUT2D eigenvalue weighted by Gasteiger charge is 2.13. The summed E-state index contributed by atoms with van der Waals surface area (Å²) in [6, 6.07) is 8.53. The molecule has 0 bridgehead atoms. The second-order valence-electron chi connectivity index (χ2n) is 5.22. The second kappa shape index (κ2) is 6.37. The Kier molecular flexibility index (Phi) is 4.26. The number of amides is 1. The zero-order chi connectivity index (χ0) is 17.3. The lowest BCUT2D eigenvalue weighted by Gasteiger charge is -2.12. The molecule has 1 aromatic carbocycles. The molecular weight excluding hydrogens is 332 g/mol. The number of rotatable bonds is 4. The number of nitrogens with one attached hydrogen (secondary N) is 1. The molecule has 2 aromatic heterocycles. The van der Waals surface area contributed by atoms with Crippen LogP contribution in [0.2, 0.25) is 5.02 Å². The molecule has 24 heavy (non-hydrogen) atoms. The Labute approximate surface area is 142 Å². The molecule has 0 saturated carbocycles. The minimum Gasteiger partial charge on any atom is -0.495 e. The highest BCUT2D eigenvalue weighted by Crippen LogP contribution is 2.30. The van der Waals surface area contributed by atoms with E-state index in [2.05, 4.69) is 10.4 Å². The van der Waals surface area contributed by atoms with Crippen LogP contribution in [0.15, 0.2) is 41.3 Å². The highest BCUT2D eigenvalue weighted by atomic mass is 35.5. The van der Waals surface area contributed by atoms with Gasteiger partial charge in [0.15, 0.2) is 5.65 Å². The van der Waals surface area contributed by atoms with E-state index in [1.54, 1.807) is 36.5 Å². The number of halogens is 1. The number of fused-ring (bicyclic) bond motifs is 1. The predicted molar refractivity (Wildman–Crippen MR) is 90.8 cm³/mol. The Morgan fingerprint density at radius 2 is 2.17 bits per heavy atom. The summed E-state index contributed by atoms with van der Waals surface area (Å²) in [5, 5.41) is 7.38. The Balaban J connectivity index is 1.84. The molecule has 3 aromatic rings. The van der Waals surface area contributed by atoms with E-state index >= 15 is 0 Å². The van der Waals surface area contributed by atoms with E-state index < -0.39 is 0 Å². The first kappa shape index (κ1) is 16.1. The summed E-state index contributed by atoms with van der Waals surface area (Å²) in [5.74, 6) is 0.0572. The van der Waals surface area contributed by atoms with Gasteiger partial charge in [0.05, 0.1) is 12.8 Å². The molecule has 0 aliphatic heterocycles. The van der Waals surface area contributed by atoms with Crippen LogP contribution in [-0.2, 0) is 11.3 Å². The number of carbonyl (C=O) groups excluding carboxylic acids is 1. The van der Waals surface area contributed by atoms with Crippen molar-refractivity contribution in [1.82, 2.24) is 14.2 Å². The fraction of sp³-hybridized carbons (Fsp3) is 0.188. The number of nitrogens with zero attached hydrogens (tertiary/aromatic N) is 3. The number of aromatic nitrogens is 3. The van der Waals surface area contributed by atoms with Crippen molar-refractivity contribution >= 4 is 28.8 Å². The van der Waals surface area contributed by atoms with Crippen molar-refractivity contribution in [3.63, 3.8) is 0 Å². The molecule has 0 fully saturated rings. The van der Waals surface area contributed by atoms with E-state index in [0.29, 0.717) is 22.1 Å². The number of aryl methyl sites for hydroxylation is 1. The lowest BCUT2D eigenvalue weighted by atomic mass is 10.2. The second-order valence-corrected chi connectivity index (χ2v) is 5.63. The molecule has 124 valence electrons. The van der Waals surface area contributed by atoms with Gasteiger partial charge in [0.25, 0.3) is 0 Å². The predicted octanol–water partition coefficient (Wildman–Crippen LogP) is 2.11. The third-order valence-corrected chi connectivity index (χ3v) is 3.94. The maximum atomic E-state index is 12.3. The van der Waals surface area contributed by atoms with E-state index in [1.165, 1.54) is 11.5 Å². The van der Waals surface area contributed by atoms with Crippen LogP contribution in [-0.4, -0.2) is 27.2 Å². The van der Waals surface area contributed by atoms with Gasteiger partial charge in [-0.15, -0.1) is 5.10 Å². The first-order valence-corrected chi connectivity index (χ1v) is 7.55. The van der Waals surface area contributed by atoms with Crippen molar-refractivity contribution in [2.45, 2.75) is 13.5 Å². The zero-order valence-electron chi connectivity index (χ0n) is 13.1. The summed E-state index contributed by atoms with van der Waals surface area (Å²) in [5.41, 5.74) is 1.40. The number of methoxy groups -OCH3 is 1. The molecule has 0 saturated heterocycles. The number of anilines is 1. The average molecular weight is 347 g/mol. The van der Waals surface area contributed by atoms with E-state index in [4.69, 9.17) is 16.3 Å². The molecule has 0 radical (unpaired) electrons. The van der Waals surface area contributed by atoms with Crippen LogP contribution in [0.3, 0.4) is 0 Å². The lowest BCUT2D eigenvalue weighted by molar-refractivity contribution is -0.117. The third kappa shape index (κ3) is 2.98. The third-order valence-electron chi connectivity index (χ3n) is 3.54. The van der Waals surface area contributed by atoms with Crippen molar-refractivity contribution in [3.05, 3.63) is 57.6 Å². The minimum absolute atomic E-state index is 0.203. The Morgan fingerprint density at radius 3 is 2.88 bits per heavy atom. The lowest BCUT2D eigenvalue weighted by Crippen LogP contribution is -2.28. The molecule has 0 unspecified atom stereocenters. The monoisotopic (exact) mass is 346 g/mol. The summed E-state index contributed by atoms with van der Waals surface area (Å²) < 4.78 is 7.70. The van der Waals surface area contributed by atoms with Gasteiger partial charge in [0.1, 0.15) is 12.3 Å². The van der Waals surface area contributed by atoms with Crippen LogP contribution in [0.1, 0.15) is 5.56 Å². The van der Waals surface area contributed by atoms with Crippen LogP contribution in [0.5, 0.6) is 5.75 Å². The molecule has 7 nitrogen and oxygen atoms in total. The molecule has 0 aliphatic carbocycles. The summed E-state index contributed by atoms with van der Waals surface area (Å²) in [4.78, 5) is 24.4. The number of hydrogen-bond donors (Lipinski definition) is 1. The first-order valence-electron chi connectivity index (χ1n) is 7.18. The van der Waals surface area contributed by atoms with Crippen molar-refractivity contribution < 1.29 is 9.53 Å². The highest BCUT2D eigenvalue weighted by molar-refractivity contribution is 6.31. The largest absolute Gasteiger partial charge is 0.495 e. The van der Waals surface area contributed by atoms with Crippen LogP contribution in [0.4, 0.5) is 5.69 Å². The maximum Gasteiger partial charge on any atom is 0.350 e. The van der Waals surface area contributed by atoms with Gasteiger partial charge in [0, 0.05) is 17.3 Å². The van der Waals surface area contributed by atoms with Gasteiger partial charge < -0.3 is 10.1 Å². The number of pyridine rings is 1. The van der Waals surface area contributed by atoms with Crippen LogP contribution in [0, 0.1) is 6.92 Å². The topological polar surface area (TPSA) is 77.6 Å². The number of hydrogen-bond acceptors (Lipinski definition) is 4. The van der Waals surface area contributed by atoms with Crippen molar-refractivity contribution in [2.24, 2.45) is 0 Å².